The van der Waals surface area contributed by atoms with E-state index in [9.17, 15) is 4.79 Å². The Balaban J connectivity index is 2.34. The quantitative estimate of drug-likeness (QED) is 0.673. The number of rotatable bonds is 6. The average molecular weight is 244 g/mol. The van der Waals surface area contributed by atoms with Crippen molar-refractivity contribution in [3.05, 3.63) is 0 Å². The molecular formula is C13H24O4. The molecule has 1 fully saturated rings. The lowest BCUT2D eigenvalue weighted by Gasteiger charge is -2.25. The molecule has 2 atom stereocenters. The molecule has 0 saturated carbocycles. The lowest BCUT2D eigenvalue weighted by Crippen LogP contribution is -2.29. The van der Waals surface area contributed by atoms with Crippen LogP contribution >= 0.6 is 0 Å². The molecule has 4 nitrogen and oxygen atoms in total. The molecule has 0 aromatic heterocycles. The summed E-state index contributed by atoms with van der Waals surface area (Å²) in [6.07, 6.45) is 3.82. The summed E-state index contributed by atoms with van der Waals surface area (Å²) in [4.78, 5) is 11.6. The molecule has 100 valence electrons. The van der Waals surface area contributed by atoms with E-state index in [-0.39, 0.29) is 18.2 Å². The molecule has 1 rings (SSSR count). The molecule has 1 aliphatic rings. The van der Waals surface area contributed by atoms with Crippen molar-refractivity contribution < 1.29 is 19.0 Å². The van der Waals surface area contributed by atoms with Gasteiger partial charge in [-0.25, -0.2) is 0 Å². The molecule has 0 amide bonds. The van der Waals surface area contributed by atoms with Crippen LogP contribution < -0.4 is 0 Å². The molecule has 0 radical (unpaired) electrons. The molecule has 4 heteroatoms. The van der Waals surface area contributed by atoms with Crippen LogP contribution in [0, 0.1) is 11.8 Å². The molecule has 1 heterocycles. The van der Waals surface area contributed by atoms with Gasteiger partial charge in [0.2, 0.25) is 0 Å². The Morgan fingerprint density at radius 3 is 2.71 bits per heavy atom. The van der Waals surface area contributed by atoms with E-state index in [1.807, 2.05) is 0 Å². The standard InChI is InChI=1S/C13H24O4/c1-10(2)8-11(13(14)15-3)9-17-12-6-4-5-7-16-12/h10-12H,4-9H2,1-3H3. The lowest BCUT2D eigenvalue weighted by atomic mass is 9.98. The van der Waals surface area contributed by atoms with E-state index in [4.69, 9.17) is 14.2 Å². The number of methoxy groups -OCH3 is 1. The SMILES string of the molecule is COC(=O)C(COC1CCCCO1)CC(C)C. The predicted octanol–water partition coefficient (Wildman–Crippen LogP) is 2.36. The van der Waals surface area contributed by atoms with Crippen molar-refractivity contribution in [2.75, 3.05) is 20.3 Å². The van der Waals surface area contributed by atoms with Crippen LogP contribution in [0.1, 0.15) is 39.5 Å². The third kappa shape index (κ3) is 5.50. The van der Waals surface area contributed by atoms with Crippen LogP contribution in [0.2, 0.25) is 0 Å². The zero-order valence-electron chi connectivity index (χ0n) is 11.1. The van der Waals surface area contributed by atoms with Gasteiger partial charge in [0.05, 0.1) is 19.6 Å². The number of carbonyl (C=O) groups excluding carboxylic acids is 1. The molecular weight excluding hydrogens is 220 g/mol. The summed E-state index contributed by atoms with van der Waals surface area (Å²) in [5, 5.41) is 0. The lowest BCUT2D eigenvalue weighted by molar-refractivity contribution is -0.177. The molecule has 0 N–H and O–H groups in total. The third-order valence-corrected chi connectivity index (χ3v) is 2.91. The number of esters is 1. The summed E-state index contributed by atoms with van der Waals surface area (Å²) in [6.45, 7) is 5.34. The van der Waals surface area contributed by atoms with E-state index < -0.39 is 0 Å². The van der Waals surface area contributed by atoms with E-state index in [2.05, 4.69) is 13.8 Å². The van der Waals surface area contributed by atoms with Gasteiger partial charge in [-0.1, -0.05) is 13.8 Å². The fourth-order valence-corrected chi connectivity index (χ4v) is 2.03. The van der Waals surface area contributed by atoms with E-state index in [0.29, 0.717) is 12.5 Å². The number of hydrogen-bond donors (Lipinski definition) is 0. The van der Waals surface area contributed by atoms with Gasteiger partial charge < -0.3 is 14.2 Å². The Kier molecular flexibility index (Phi) is 6.52. The van der Waals surface area contributed by atoms with E-state index in [0.717, 1.165) is 32.3 Å². The molecule has 0 aromatic rings. The minimum atomic E-state index is -0.186. The number of carbonyl (C=O) groups is 1. The first-order chi connectivity index (χ1) is 8.13. The zero-order valence-corrected chi connectivity index (χ0v) is 11.1. The summed E-state index contributed by atoms with van der Waals surface area (Å²) in [6, 6.07) is 0. The van der Waals surface area contributed by atoms with Crippen molar-refractivity contribution in [1.82, 2.24) is 0 Å². The second-order valence-electron chi connectivity index (χ2n) is 4.98. The molecule has 1 aliphatic heterocycles. The van der Waals surface area contributed by atoms with Crippen molar-refractivity contribution in [3.63, 3.8) is 0 Å². The summed E-state index contributed by atoms with van der Waals surface area (Å²) < 4.78 is 15.9. The van der Waals surface area contributed by atoms with Crippen LogP contribution in [-0.4, -0.2) is 32.6 Å². The van der Waals surface area contributed by atoms with Crippen molar-refractivity contribution in [3.8, 4) is 0 Å². The average Bonchev–Trinajstić information content (AvgIpc) is 2.34. The van der Waals surface area contributed by atoms with Crippen LogP contribution in [-0.2, 0) is 19.0 Å². The van der Waals surface area contributed by atoms with Crippen LogP contribution in [0.15, 0.2) is 0 Å². The largest absolute Gasteiger partial charge is 0.469 e. The first-order valence-corrected chi connectivity index (χ1v) is 6.44. The highest BCUT2D eigenvalue weighted by atomic mass is 16.7. The summed E-state index contributed by atoms with van der Waals surface area (Å²) in [5.41, 5.74) is 0. The summed E-state index contributed by atoms with van der Waals surface area (Å²) >= 11 is 0. The molecule has 0 spiro atoms. The second kappa shape index (κ2) is 7.67. The van der Waals surface area contributed by atoms with Gasteiger partial charge in [0, 0.05) is 6.61 Å². The van der Waals surface area contributed by atoms with Gasteiger partial charge in [-0.2, -0.15) is 0 Å². The highest BCUT2D eigenvalue weighted by Crippen LogP contribution is 2.18. The van der Waals surface area contributed by atoms with Gasteiger partial charge >= 0.3 is 5.97 Å². The highest BCUT2D eigenvalue weighted by molar-refractivity contribution is 5.72. The second-order valence-corrected chi connectivity index (χ2v) is 4.98. The van der Waals surface area contributed by atoms with Gasteiger partial charge in [0.1, 0.15) is 0 Å². The summed E-state index contributed by atoms with van der Waals surface area (Å²) in [5.74, 6) is 0.0926. The first-order valence-electron chi connectivity index (χ1n) is 6.44. The minimum absolute atomic E-state index is 0.136. The molecule has 17 heavy (non-hydrogen) atoms. The number of hydrogen-bond acceptors (Lipinski definition) is 4. The molecule has 1 saturated heterocycles. The van der Waals surface area contributed by atoms with Crippen molar-refractivity contribution in [2.24, 2.45) is 11.8 Å². The van der Waals surface area contributed by atoms with Gasteiger partial charge in [-0.3, -0.25) is 4.79 Å². The maximum absolute atomic E-state index is 11.6. The molecule has 2 unspecified atom stereocenters. The zero-order chi connectivity index (χ0) is 12.7. The van der Waals surface area contributed by atoms with Crippen molar-refractivity contribution in [1.29, 1.82) is 0 Å². The maximum atomic E-state index is 11.6. The Labute approximate surface area is 104 Å². The summed E-state index contributed by atoms with van der Waals surface area (Å²) in [7, 11) is 1.42. The van der Waals surface area contributed by atoms with E-state index in [1.165, 1.54) is 7.11 Å². The molecule has 0 aromatic carbocycles. The Hall–Kier alpha value is -0.610. The van der Waals surface area contributed by atoms with Crippen molar-refractivity contribution in [2.45, 2.75) is 45.8 Å². The first kappa shape index (κ1) is 14.5. The van der Waals surface area contributed by atoms with Gasteiger partial charge in [0.25, 0.3) is 0 Å². The fraction of sp³-hybridized carbons (Fsp3) is 0.923. The Bertz CT molecular complexity index is 221. The normalized spacial score (nSPS) is 22.5. The van der Waals surface area contributed by atoms with Crippen LogP contribution in [0.4, 0.5) is 0 Å². The van der Waals surface area contributed by atoms with E-state index in [1.54, 1.807) is 0 Å². The van der Waals surface area contributed by atoms with Gasteiger partial charge in [-0.05, 0) is 31.6 Å². The van der Waals surface area contributed by atoms with Crippen molar-refractivity contribution >= 4 is 5.97 Å². The van der Waals surface area contributed by atoms with Crippen LogP contribution in [0.25, 0.3) is 0 Å². The smallest absolute Gasteiger partial charge is 0.311 e. The highest BCUT2D eigenvalue weighted by Gasteiger charge is 2.23. The topological polar surface area (TPSA) is 44.8 Å². The Morgan fingerprint density at radius 2 is 2.18 bits per heavy atom. The monoisotopic (exact) mass is 244 g/mol. The van der Waals surface area contributed by atoms with Crippen LogP contribution in [0.5, 0.6) is 0 Å². The van der Waals surface area contributed by atoms with Gasteiger partial charge in [-0.15, -0.1) is 0 Å². The van der Waals surface area contributed by atoms with Crippen LogP contribution in [0.3, 0.4) is 0 Å². The number of ether oxygens (including phenoxy) is 3. The Morgan fingerprint density at radius 1 is 1.41 bits per heavy atom. The van der Waals surface area contributed by atoms with Gasteiger partial charge in [0.15, 0.2) is 6.29 Å². The third-order valence-electron chi connectivity index (χ3n) is 2.91. The maximum Gasteiger partial charge on any atom is 0.311 e. The fourth-order valence-electron chi connectivity index (χ4n) is 2.03. The minimum Gasteiger partial charge on any atom is -0.469 e. The molecule has 0 aliphatic carbocycles. The van der Waals surface area contributed by atoms with E-state index >= 15 is 0 Å². The predicted molar refractivity (Wildman–Crippen MR) is 64.5 cm³/mol. The molecule has 0 bridgehead atoms.